The zero-order valence-corrected chi connectivity index (χ0v) is 8.60. The smallest absolute Gasteiger partial charge is 0.121 e. The van der Waals surface area contributed by atoms with Gasteiger partial charge in [0.25, 0.3) is 0 Å². The quantitative estimate of drug-likeness (QED) is 0.597. The molecule has 0 aromatic carbocycles. The van der Waals surface area contributed by atoms with Crippen LogP contribution in [-0.2, 0) is 4.74 Å². The van der Waals surface area contributed by atoms with E-state index in [0.717, 1.165) is 6.61 Å². The molecule has 0 radical (unpaired) electrons. The van der Waals surface area contributed by atoms with Crippen molar-refractivity contribution in [3.8, 4) is 0 Å². The van der Waals surface area contributed by atoms with Crippen LogP contribution in [0.4, 0.5) is 0 Å². The Hall–Kier alpha value is -0.720. The fourth-order valence-electron chi connectivity index (χ4n) is 2.19. The lowest BCUT2D eigenvalue weighted by Gasteiger charge is -2.28. The van der Waals surface area contributed by atoms with E-state index in [9.17, 15) is 0 Å². The SMILES string of the molecule is CC(C)C1=CCCC2=C1OCCC2. The molecule has 0 amide bonds. The van der Waals surface area contributed by atoms with Crippen molar-refractivity contribution in [3.63, 3.8) is 0 Å². The van der Waals surface area contributed by atoms with Gasteiger partial charge in [0.2, 0.25) is 0 Å². The Bertz CT molecular complexity index is 258. The fourth-order valence-corrected chi connectivity index (χ4v) is 2.19. The highest BCUT2D eigenvalue weighted by molar-refractivity contribution is 5.36. The van der Waals surface area contributed by atoms with Crippen LogP contribution in [0.15, 0.2) is 23.0 Å². The van der Waals surface area contributed by atoms with Gasteiger partial charge in [-0.15, -0.1) is 0 Å². The molecule has 0 fully saturated rings. The molecule has 0 bridgehead atoms. The molecule has 1 aliphatic heterocycles. The van der Waals surface area contributed by atoms with Gasteiger partial charge in [-0.05, 0) is 42.7 Å². The van der Waals surface area contributed by atoms with Crippen molar-refractivity contribution < 1.29 is 4.74 Å². The van der Waals surface area contributed by atoms with Crippen LogP contribution in [0, 0.1) is 5.92 Å². The van der Waals surface area contributed by atoms with Crippen molar-refractivity contribution in [3.05, 3.63) is 23.0 Å². The molecular weight excluding hydrogens is 160 g/mol. The molecular formula is C12H18O. The van der Waals surface area contributed by atoms with Crippen molar-refractivity contribution >= 4 is 0 Å². The second-order valence-electron chi connectivity index (χ2n) is 4.24. The summed E-state index contributed by atoms with van der Waals surface area (Å²) < 4.78 is 5.77. The van der Waals surface area contributed by atoms with Gasteiger partial charge in [0.05, 0.1) is 6.61 Å². The van der Waals surface area contributed by atoms with Crippen LogP contribution < -0.4 is 0 Å². The van der Waals surface area contributed by atoms with Gasteiger partial charge in [0.1, 0.15) is 5.76 Å². The normalized spacial score (nSPS) is 22.5. The summed E-state index contributed by atoms with van der Waals surface area (Å²) in [6, 6.07) is 0. The highest BCUT2D eigenvalue weighted by Crippen LogP contribution is 2.35. The highest BCUT2D eigenvalue weighted by Gasteiger charge is 2.22. The monoisotopic (exact) mass is 178 g/mol. The lowest BCUT2D eigenvalue weighted by atomic mass is 9.88. The first-order chi connectivity index (χ1) is 6.29. The average Bonchev–Trinajstić information content (AvgIpc) is 2.17. The average molecular weight is 178 g/mol. The number of hydrogen-bond donors (Lipinski definition) is 0. The minimum atomic E-state index is 0.614. The summed E-state index contributed by atoms with van der Waals surface area (Å²) in [5.74, 6) is 1.86. The number of allylic oxidation sites excluding steroid dienone is 3. The van der Waals surface area contributed by atoms with Crippen LogP contribution >= 0.6 is 0 Å². The second-order valence-corrected chi connectivity index (χ2v) is 4.24. The Balaban J connectivity index is 2.28. The Morgan fingerprint density at radius 1 is 1.31 bits per heavy atom. The summed E-state index contributed by atoms with van der Waals surface area (Å²) in [7, 11) is 0. The molecule has 0 spiro atoms. The van der Waals surface area contributed by atoms with Crippen molar-refractivity contribution in [2.75, 3.05) is 6.61 Å². The van der Waals surface area contributed by atoms with Crippen LogP contribution in [0.1, 0.15) is 39.5 Å². The van der Waals surface area contributed by atoms with E-state index >= 15 is 0 Å². The number of hydrogen-bond acceptors (Lipinski definition) is 1. The predicted octanol–water partition coefficient (Wildman–Crippen LogP) is 3.43. The summed E-state index contributed by atoms with van der Waals surface area (Å²) in [5, 5.41) is 0. The van der Waals surface area contributed by atoms with E-state index in [0.29, 0.717) is 5.92 Å². The molecule has 0 unspecified atom stereocenters. The van der Waals surface area contributed by atoms with Gasteiger partial charge in [-0.1, -0.05) is 19.9 Å². The van der Waals surface area contributed by atoms with E-state index in [4.69, 9.17) is 4.74 Å². The first kappa shape index (κ1) is 8.86. The minimum absolute atomic E-state index is 0.614. The molecule has 0 aromatic rings. The van der Waals surface area contributed by atoms with E-state index < -0.39 is 0 Å². The highest BCUT2D eigenvalue weighted by atomic mass is 16.5. The van der Waals surface area contributed by atoms with Crippen molar-refractivity contribution in [1.29, 1.82) is 0 Å². The van der Waals surface area contributed by atoms with Gasteiger partial charge in [-0.3, -0.25) is 0 Å². The van der Waals surface area contributed by atoms with E-state index in [2.05, 4.69) is 19.9 Å². The second kappa shape index (κ2) is 3.57. The van der Waals surface area contributed by atoms with Crippen molar-refractivity contribution in [2.45, 2.75) is 39.5 Å². The van der Waals surface area contributed by atoms with Gasteiger partial charge in [0, 0.05) is 0 Å². The molecule has 1 aliphatic carbocycles. The minimum Gasteiger partial charge on any atom is -0.493 e. The lowest BCUT2D eigenvalue weighted by Crippen LogP contribution is -2.14. The van der Waals surface area contributed by atoms with Crippen molar-refractivity contribution in [1.82, 2.24) is 0 Å². The maximum absolute atomic E-state index is 5.77. The van der Waals surface area contributed by atoms with Gasteiger partial charge in [-0.25, -0.2) is 0 Å². The van der Waals surface area contributed by atoms with Gasteiger partial charge < -0.3 is 4.74 Å². The Morgan fingerprint density at radius 3 is 2.92 bits per heavy atom. The summed E-state index contributed by atoms with van der Waals surface area (Å²) in [6.07, 6.45) is 7.28. The zero-order chi connectivity index (χ0) is 9.26. The lowest BCUT2D eigenvalue weighted by molar-refractivity contribution is 0.187. The van der Waals surface area contributed by atoms with Crippen LogP contribution in [0.2, 0.25) is 0 Å². The molecule has 2 rings (SSSR count). The maximum atomic E-state index is 5.77. The third-order valence-corrected chi connectivity index (χ3v) is 2.88. The van der Waals surface area contributed by atoms with E-state index in [1.54, 1.807) is 5.57 Å². The summed E-state index contributed by atoms with van der Waals surface area (Å²) in [5.41, 5.74) is 3.01. The first-order valence-corrected chi connectivity index (χ1v) is 5.34. The van der Waals surface area contributed by atoms with Crippen LogP contribution in [-0.4, -0.2) is 6.61 Å². The van der Waals surface area contributed by atoms with Crippen LogP contribution in [0.25, 0.3) is 0 Å². The topological polar surface area (TPSA) is 9.23 Å². The largest absolute Gasteiger partial charge is 0.493 e. The van der Waals surface area contributed by atoms with E-state index in [1.807, 2.05) is 0 Å². The molecule has 0 atom stereocenters. The third kappa shape index (κ3) is 1.65. The molecule has 0 N–H and O–H groups in total. The molecule has 1 heterocycles. The maximum Gasteiger partial charge on any atom is 0.121 e. The number of rotatable bonds is 1. The Labute approximate surface area is 80.5 Å². The summed E-state index contributed by atoms with van der Waals surface area (Å²) in [6.45, 7) is 5.42. The Kier molecular flexibility index (Phi) is 2.43. The molecule has 2 aliphatic rings. The van der Waals surface area contributed by atoms with Gasteiger partial charge in [0.15, 0.2) is 0 Å². The van der Waals surface area contributed by atoms with Crippen molar-refractivity contribution in [2.24, 2.45) is 5.92 Å². The summed E-state index contributed by atoms with van der Waals surface area (Å²) >= 11 is 0. The van der Waals surface area contributed by atoms with E-state index in [1.165, 1.54) is 37.0 Å². The zero-order valence-electron chi connectivity index (χ0n) is 8.60. The molecule has 1 nitrogen and oxygen atoms in total. The third-order valence-electron chi connectivity index (χ3n) is 2.88. The molecule has 1 heteroatoms. The van der Waals surface area contributed by atoms with E-state index in [-0.39, 0.29) is 0 Å². The van der Waals surface area contributed by atoms with Crippen LogP contribution in [0.3, 0.4) is 0 Å². The number of ether oxygens (including phenoxy) is 1. The first-order valence-electron chi connectivity index (χ1n) is 5.34. The molecule has 0 aromatic heterocycles. The Morgan fingerprint density at radius 2 is 2.15 bits per heavy atom. The van der Waals surface area contributed by atoms with Crippen LogP contribution in [0.5, 0.6) is 0 Å². The molecule has 72 valence electrons. The molecule has 0 saturated carbocycles. The molecule has 13 heavy (non-hydrogen) atoms. The van der Waals surface area contributed by atoms with Gasteiger partial charge in [-0.2, -0.15) is 0 Å². The molecule has 0 saturated heterocycles. The van der Waals surface area contributed by atoms with Gasteiger partial charge >= 0.3 is 0 Å². The fraction of sp³-hybridized carbons (Fsp3) is 0.667. The standard InChI is InChI=1S/C12H18O/c1-9(2)11-7-3-5-10-6-4-8-13-12(10)11/h7,9H,3-6,8H2,1-2H3. The summed E-state index contributed by atoms with van der Waals surface area (Å²) in [4.78, 5) is 0. The predicted molar refractivity (Wildman–Crippen MR) is 54.4 cm³/mol.